The smallest absolute Gasteiger partial charge is 0.123 e. The van der Waals surface area contributed by atoms with Gasteiger partial charge in [0, 0.05) is 16.5 Å². The molecule has 0 fully saturated rings. The summed E-state index contributed by atoms with van der Waals surface area (Å²) in [4.78, 5) is 0. The van der Waals surface area contributed by atoms with Gasteiger partial charge in [0.05, 0.1) is 0 Å². The van der Waals surface area contributed by atoms with E-state index in [-0.39, 0.29) is 17.3 Å². The molecule has 1 atom stereocenters. The molecular weight excluding hydrogens is 261 g/mol. The fourth-order valence-electron chi connectivity index (χ4n) is 2.18. The van der Waals surface area contributed by atoms with Gasteiger partial charge in [-0.1, -0.05) is 49.7 Å². The normalized spacial score (nSPS) is 13.3. The molecule has 19 heavy (non-hydrogen) atoms. The summed E-state index contributed by atoms with van der Waals surface area (Å²) in [6, 6.07) is 13.8. The van der Waals surface area contributed by atoms with Crippen LogP contribution in [0.3, 0.4) is 0 Å². The van der Waals surface area contributed by atoms with E-state index < -0.39 is 0 Å². The number of hydrogen-bond donors (Lipinski definition) is 1. The summed E-state index contributed by atoms with van der Waals surface area (Å²) >= 11 is 6.00. The van der Waals surface area contributed by atoms with Gasteiger partial charge in [-0.2, -0.15) is 0 Å². The minimum Gasteiger partial charge on any atom is -0.323 e. The highest BCUT2D eigenvalue weighted by Gasteiger charge is 2.29. The average Bonchev–Trinajstić information content (AvgIpc) is 2.38. The van der Waals surface area contributed by atoms with E-state index >= 15 is 0 Å². The van der Waals surface area contributed by atoms with Gasteiger partial charge < -0.3 is 5.73 Å². The molecule has 0 aromatic heterocycles. The third-order valence-electron chi connectivity index (χ3n) is 3.57. The highest BCUT2D eigenvalue weighted by atomic mass is 35.5. The third kappa shape index (κ3) is 2.96. The number of hydrogen-bond acceptors (Lipinski definition) is 1. The monoisotopic (exact) mass is 277 g/mol. The van der Waals surface area contributed by atoms with Crippen LogP contribution in [0.5, 0.6) is 0 Å². The van der Waals surface area contributed by atoms with E-state index in [0.717, 1.165) is 11.1 Å². The molecular formula is C16H17ClFN. The fourth-order valence-corrected chi connectivity index (χ4v) is 2.37. The van der Waals surface area contributed by atoms with Gasteiger partial charge in [0.2, 0.25) is 0 Å². The molecule has 0 heterocycles. The van der Waals surface area contributed by atoms with Crippen molar-refractivity contribution < 1.29 is 4.39 Å². The van der Waals surface area contributed by atoms with E-state index in [4.69, 9.17) is 17.3 Å². The van der Waals surface area contributed by atoms with Crippen molar-refractivity contribution in [2.45, 2.75) is 25.3 Å². The van der Waals surface area contributed by atoms with Gasteiger partial charge >= 0.3 is 0 Å². The Bertz CT molecular complexity index is 563. The van der Waals surface area contributed by atoms with Gasteiger partial charge in [-0.05, 0) is 35.4 Å². The van der Waals surface area contributed by atoms with Gasteiger partial charge in [-0.25, -0.2) is 4.39 Å². The van der Waals surface area contributed by atoms with Crippen LogP contribution in [-0.2, 0) is 5.41 Å². The maximum atomic E-state index is 13.0. The van der Waals surface area contributed by atoms with Crippen molar-refractivity contribution in [2.75, 3.05) is 0 Å². The van der Waals surface area contributed by atoms with Crippen LogP contribution >= 0.6 is 11.6 Å². The molecule has 0 aliphatic carbocycles. The van der Waals surface area contributed by atoms with Crippen molar-refractivity contribution in [2.24, 2.45) is 5.73 Å². The summed E-state index contributed by atoms with van der Waals surface area (Å²) in [6.45, 7) is 4.09. The Hall–Kier alpha value is -1.38. The van der Waals surface area contributed by atoms with Crippen molar-refractivity contribution in [3.8, 4) is 0 Å². The molecule has 0 bridgehead atoms. The summed E-state index contributed by atoms with van der Waals surface area (Å²) < 4.78 is 13.0. The second-order valence-corrected chi connectivity index (χ2v) is 5.70. The predicted molar refractivity (Wildman–Crippen MR) is 77.8 cm³/mol. The largest absolute Gasteiger partial charge is 0.323 e. The van der Waals surface area contributed by atoms with Crippen molar-refractivity contribution >= 4 is 11.6 Å². The zero-order valence-corrected chi connectivity index (χ0v) is 11.8. The van der Waals surface area contributed by atoms with Crippen LogP contribution < -0.4 is 5.73 Å². The Balaban J connectivity index is 2.35. The highest BCUT2D eigenvalue weighted by molar-refractivity contribution is 6.30. The molecule has 1 unspecified atom stereocenters. The second kappa shape index (κ2) is 5.32. The predicted octanol–water partition coefficient (Wildman–Crippen LogP) is 4.46. The first kappa shape index (κ1) is 14.0. The molecule has 0 saturated heterocycles. The SMILES string of the molecule is CC(C)(c1ccc(F)cc1)C(N)c1cccc(Cl)c1. The first-order valence-electron chi connectivity index (χ1n) is 6.18. The van der Waals surface area contributed by atoms with E-state index in [1.165, 1.54) is 12.1 Å². The summed E-state index contributed by atoms with van der Waals surface area (Å²) in [5, 5.41) is 0.669. The number of benzene rings is 2. The molecule has 2 N–H and O–H groups in total. The number of rotatable bonds is 3. The number of nitrogens with two attached hydrogens (primary N) is 1. The average molecular weight is 278 g/mol. The van der Waals surface area contributed by atoms with Gasteiger partial charge in [0.25, 0.3) is 0 Å². The second-order valence-electron chi connectivity index (χ2n) is 5.26. The van der Waals surface area contributed by atoms with Gasteiger partial charge in [-0.3, -0.25) is 0 Å². The van der Waals surface area contributed by atoms with E-state index in [2.05, 4.69) is 0 Å². The Morgan fingerprint density at radius 3 is 2.32 bits per heavy atom. The zero-order valence-electron chi connectivity index (χ0n) is 11.0. The molecule has 0 radical (unpaired) electrons. The van der Waals surface area contributed by atoms with E-state index in [1.807, 2.05) is 38.1 Å². The maximum Gasteiger partial charge on any atom is 0.123 e. The zero-order chi connectivity index (χ0) is 14.0. The summed E-state index contributed by atoms with van der Waals surface area (Å²) in [5.74, 6) is -0.240. The molecule has 1 nitrogen and oxygen atoms in total. The fraction of sp³-hybridized carbons (Fsp3) is 0.250. The minimum absolute atomic E-state index is 0.211. The van der Waals surface area contributed by atoms with Gasteiger partial charge in [0.1, 0.15) is 5.82 Å². The highest BCUT2D eigenvalue weighted by Crippen LogP contribution is 2.35. The molecule has 0 aliphatic heterocycles. The van der Waals surface area contributed by atoms with Crippen LogP contribution in [0.25, 0.3) is 0 Å². The molecule has 0 amide bonds. The van der Waals surface area contributed by atoms with Gasteiger partial charge in [0.15, 0.2) is 0 Å². The van der Waals surface area contributed by atoms with Crippen molar-refractivity contribution in [3.05, 3.63) is 70.5 Å². The topological polar surface area (TPSA) is 26.0 Å². The maximum absolute atomic E-state index is 13.0. The van der Waals surface area contributed by atoms with Crippen LogP contribution in [0.2, 0.25) is 5.02 Å². The standard InChI is InChI=1S/C16H17ClFN/c1-16(2,12-6-8-14(18)9-7-12)15(19)11-4-3-5-13(17)10-11/h3-10,15H,19H2,1-2H3. The van der Waals surface area contributed by atoms with Crippen LogP contribution in [-0.4, -0.2) is 0 Å². The lowest BCUT2D eigenvalue weighted by molar-refractivity contribution is 0.420. The first-order chi connectivity index (χ1) is 8.91. The Morgan fingerprint density at radius 1 is 1.11 bits per heavy atom. The lowest BCUT2D eigenvalue weighted by Crippen LogP contribution is -2.33. The lowest BCUT2D eigenvalue weighted by atomic mass is 9.75. The lowest BCUT2D eigenvalue weighted by Gasteiger charge is -2.32. The van der Waals surface area contributed by atoms with Crippen molar-refractivity contribution in [1.82, 2.24) is 0 Å². The Morgan fingerprint density at radius 2 is 1.74 bits per heavy atom. The molecule has 0 aliphatic rings. The van der Waals surface area contributed by atoms with Gasteiger partial charge in [-0.15, -0.1) is 0 Å². The molecule has 2 aromatic rings. The molecule has 2 rings (SSSR count). The molecule has 0 saturated carbocycles. The van der Waals surface area contributed by atoms with E-state index in [9.17, 15) is 4.39 Å². The van der Waals surface area contributed by atoms with Crippen molar-refractivity contribution in [1.29, 1.82) is 0 Å². The van der Waals surface area contributed by atoms with Crippen LogP contribution in [0.1, 0.15) is 31.0 Å². The van der Waals surface area contributed by atoms with Crippen molar-refractivity contribution in [3.63, 3.8) is 0 Å². The molecule has 0 spiro atoms. The summed E-state index contributed by atoms with van der Waals surface area (Å²) in [5.41, 5.74) is 8.03. The van der Waals surface area contributed by atoms with E-state index in [1.54, 1.807) is 12.1 Å². The quantitative estimate of drug-likeness (QED) is 0.881. The first-order valence-corrected chi connectivity index (χ1v) is 6.56. The number of halogens is 2. The minimum atomic E-state index is -0.307. The van der Waals surface area contributed by atoms with E-state index in [0.29, 0.717) is 5.02 Å². The molecule has 100 valence electrons. The Labute approximate surface area is 118 Å². The third-order valence-corrected chi connectivity index (χ3v) is 3.81. The summed E-state index contributed by atoms with van der Waals surface area (Å²) in [7, 11) is 0. The van der Waals surface area contributed by atoms with Crippen LogP contribution in [0.15, 0.2) is 48.5 Å². The summed E-state index contributed by atoms with van der Waals surface area (Å²) in [6.07, 6.45) is 0. The van der Waals surface area contributed by atoms with Crippen LogP contribution in [0.4, 0.5) is 4.39 Å². The molecule has 3 heteroatoms. The molecule has 2 aromatic carbocycles. The Kier molecular flexibility index (Phi) is 3.93. The van der Waals surface area contributed by atoms with Crippen LogP contribution in [0, 0.1) is 5.82 Å².